The van der Waals surface area contributed by atoms with Gasteiger partial charge in [-0.2, -0.15) is 5.10 Å². The first-order valence-electron chi connectivity index (χ1n) is 10.0. The number of carbonyl (C=O) groups is 2. The van der Waals surface area contributed by atoms with Gasteiger partial charge < -0.3 is 10.2 Å². The molecule has 0 spiro atoms. The lowest BCUT2D eigenvalue weighted by Crippen LogP contribution is -2.52. The highest BCUT2D eigenvalue weighted by Gasteiger charge is 2.28. The number of nitrogens with one attached hydrogen (secondary N) is 1. The first-order valence-corrected chi connectivity index (χ1v) is 10.0. The number of aryl methyl sites for hydroxylation is 1. The molecule has 148 valence electrons. The van der Waals surface area contributed by atoms with Gasteiger partial charge in [-0.1, -0.05) is 18.2 Å². The van der Waals surface area contributed by atoms with Crippen LogP contribution in [0.5, 0.6) is 0 Å². The molecule has 0 aliphatic carbocycles. The minimum absolute atomic E-state index is 0.0391. The molecule has 2 aromatic rings. The lowest BCUT2D eigenvalue weighted by molar-refractivity contribution is -0.120. The summed E-state index contributed by atoms with van der Waals surface area (Å²) in [5.74, 6) is 0.194. The number of hydrogen-bond acceptors (Lipinski definition) is 4. The van der Waals surface area contributed by atoms with Gasteiger partial charge in [0.25, 0.3) is 5.91 Å². The van der Waals surface area contributed by atoms with Gasteiger partial charge in [0.15, 0.2) is 0 Å². The van der Waals surface area contributed by atoms with E-state index in [1.54, 1.807) is 10.9 Å². The van der Waals surface area contributed by atoms with Gasteiger partial charge >= 0.3 is 0 Å². The Hall–Kier alpha value is -2.67. The van der Waals surface area contributed by atoms with Crippen LogP contribution in [0.1, 0.15) is 35.2 Å². The highest BCUT2D eigenvalue weighted by Crippen LogP contribution is 2.18. The van der Waals surface area contributed by atoms with Crippen molar-refractivity contribution in [2.75, 3.05) is 32.7 Å². The van der Waals surface area contributed by atoms with Crippen molar-refractivity contribution in [3.63, 3.8) is 0 Å². The molecule has 2 aliphatic heterocycles. The molecule has 1 unspecified atom stereocenters. The van der Waals surface area contributed by atoms with Crippen LogP contribution in [0.3, 0.4) is 0 Å². The summed E-state index contributed by atoms with van der Waals surface area (Å²) in [5, 5.41) is 7.33. The highest BCUT2D eigenvalue weighted by atomic mass is 16.2. The van der Waals surface area contributed by atoms with Crippen molar-refractivity contribution in [2.45, 2.75) is 32.2 Å². The SMILES string of the molecule is Cc1ccccc1-n1cc(C(=O)N2CCN(C3CCNC(=O)CC3)CC2)cn1. The molecule has 7 nitrogen and oxygen atoms in total. The second kappa shape index (κ2) is 8.14. The molecule has 3 heterocycles. The largest absolute Gasteiger partial charge is 0.356 e. The summed E-state index contributed by atoms with van der Waals surface area (Å²) in [6, 6.07) is 8.44. The maximum absolute atomic E-state index is 12.9. The second-order valence-corrected chi connectivity index (χ2v) is 7.62. The molecule has 1 N–H and O–H groups in total. The summed E-state index contributed by atoms with van der Waals surface area (Å²) in [6.07, 6.45) is 5.97. The summed E-state index contributed by atoms with van der Waals surface area (Å²) in [7, 11) is 0. The van der Waals surface area contributed by atoms with Crippen LogP contribution in [-0.2, 0) is 4.79 Å². The summed E-state index contributed by atoms with van der Waals surface area (Å²) in [4.78, 5) is 28.8. The Morgan fingerprint density at radius 1 is 1.14 bits per heavy atom. The number of para-hydroxylation sites is 1. The molecular formula is C21H27N5O2. The quantitative estimate of drug-likeness (QED) is 0.877. The number of piperazine rings is 1. The van der Waals surface area contributed by atoms with E-state index in [-0.39, 0.29) is 11.8 Å². The third kappa shape index (κ3) is 3.94. The normalized spacial score (nSPS) is 21.2. The Bertz CT molecular complexity index is 854. The zero-order valence-electron chi connectivity index (χ0n) is 16.3. The van der Waals surface area contributed by atoms with Crippen molar-refractivity contribution in [1.29, 1.82) is 0 Å². The van der Waals surface area contributed by atoms with E-state index in [4.69, 9.17) is 0 Å². The number of carbonyl (C=O) groups excluding carboxylic acids is 2. The molecule has 0 radical (unpaired) electrons. The molecule has 1 aromatic carbocycles. The van der Waals surface area contributed by atoms with E-state index in [2.05, 4.69) is 15.3 Å². The second-order valence-electron chi connectivity index (χ2n) is 7.62. The van der Waals surface area contributed by atoms with E-state index in [0.717, 1.165) is 43.7 Å². The maximum Gasteiger partial charge on any atom is 0.257 e. The smallest absolute Gasteiger partial charge is 0.257 e. The minimum atomic E-state index is 0.0391. The van der Waals surface area contributed by atoms with Crippen molar-refractivity contribution >= 4 is 11.8 Å². The molecule has 0 bridgehead atoms. The summed E-state index contributed by atoms with van der Waals surface area (Å²) < 4.78 is 1.77. The zero-order chi connectivity index (χ0) is 19.5. The summed E-state index contributed by atoms with van der Waals surface area (Å²) in [5.41, 5.74) is 2.73. The topological polar surface area (TPSA) is 70.5 Å². The zero-order valence-corrected chi connectivity index (χ0v) is 16.3. The number of rotatable bonds is 3. The van der Waals surface area contributed by atoms with Crippen molar-refractivity contribution < 1.29 is 9.59 Å². The third-order valence-electron chi connectivity index (χ3n) is 5.81. The summed E-state index contributed by atoms with van der Waals surface area (Å²) >= 11 is 0. The van der Waals surface area contributed by atoms with Crippen molar-refractivity contribution in [2.24, 2.45) is 0 Å². The first kappa shape index (κ1) is 18.7. The first-order chi connectivity index (χ1) is 13.6. The van der Waals surface area contributed by atoms with Gasteiger partial charge in [-0.25, -0.2) is 4.68 Å². The number of nitrogens with zero attached hydrogens (tertiary/aromatic N) is 4. The Kier molecular flexibility index (Phi) is 5.43. The van der Waals surface area contributed by atoms with Gasteiger partial charge in [-0.05, 0) is 31.4 Å². The van der Waals surface area contributed by atoms with Gasteiger partial charge in [0.05, 0.1) is 17.4 Å². The monoisotopic (exact) mass is 381 g/mol. The predicted octanol–water partition coefficient (Wildman–Crippen LogP) is 1.61. The molecule has 2 aliphatic rings. The van der Waals surface area contributed by atoms with Crippen LogP contribution in [0, 0.1) is 6.92 Å². The molecular weight excluding hydrogens is 354 g/mol. The maximum atomic E-state index is 12.9. The van der Waals surface area contributed by atoms with Gasteiger partial charge in [0, 0.05) is 51.4 Å². The lowest BCUT2D eigenvalue weighted by Gasteiger charge is -2.38. The molecule has 7 heteroatoms. The number of benzene rings is 1. The Morgan fingerprint density at radius 2 is 1.93 bits per heavy atom. The molecule has 28 heavy (non-hydrogen) atoms. The van der Waals surface area contributed by atoms with Crippen LogP contribution in [0.15, 0.2) is 36.7 Å². The molecule has 2 fully saturated rings. The van der Waals surface area contributed by atoms with Crippen LogP contribution in [0.2, 0.25) is 0 Å². The fourth-order valence-corrected chi connectivity index (χ4v) is 4.13. The molecule has 1 atom stereocenters. The van der Waals surface area contributed by atoms with E-state index in [1.165, 1.54) is 0 Å². The third-order valence-corrected chi connectivity index (χ3v) is 5.81. The van der Waals surface area contributed by atoms with Crippen LogP contribution >= 0.6 is 0 Å². The Labute approximate surface area is 165 Å². The van der Waals surface area contributed by atoms with E-state index >= 15 is 0 Å². The van der Waals surface area contributed by atoms with Crippen LogP contribution < -0.4 is 5.32 Å². The van der Waals surface area contributed by atoms with Crippen molar-refractivity contribution in [3.05, 3.63) is 47.8 Å². The molecule has 4 rings (SSSR count). The fourth-order valence-electron chi connectivity index (χ4n) is 4.13. The van der Waals surface area contributed by atoms with E-state index < -0.39 is 0 Å². The molecule has 2 amide bonds. The van der Waals surface area contributed by atoms with Crippen LogP contribution in [0.4, 0.5) is 0 Å². The molecule has 1 aromatic heterocycles. The van der Waals surface area contributed by atoms with E-state index in [9.17, 15) is 9.59 Å². The fraction of sp³-hybridized carbons (Fsp3) is 0.476. The van der Waals surface area contributed by atoms with Crippen molar-refractivity contribution in [3.8, 4) is 5.69 Å². The molecule has 0 saturated carbocycles. The van der Waals surface area contributed by atoms with Gasteiger partial charge in [-0.15, -0.1) is 0 Å². The van der Waals surface area contributed by atoms with Gasteiger partial charge in [-0.3, -0.25) is 14.5 Å². The Balaban J connectivity index is 1.37. The van der Waals surface area contributed by atoms with E-state index in [1.807, 2.05) is 42.3 Å². The van der Waals surface area contributed by atoms with Crippen LogP contribution in [-0.4, -0.2) is 70.2 Å². The highest BCUT2D eigenvalue weighted by molar-refractivity contribution is 5.94. The van der Waals surface area contributed by atoms with E-state index in [0.29, 0.717) is 31.1 Å². The minimum Gasteiger partial charge on any atom is -0.356 e. The van der Waals surface area contributed by atoms with Gasteiger partial charge in [0.2, 0.25) is 5.91 Å². The average Bonchev–Trinajstić information content (AvgIpc) is 3.10. The van der Waals surface area contributed by atoms with Gasteiger partial charge in [0.1, 0.15) is 0 Å². The average molecular weight is 381 g/mol. The number of hydrogen-bond donors (Lipinski definition) is 1. The van der Waals surface area contributed by atoms with Crippen molar-refractivity contribution in [1.82, 2.24) is 24.9 Å². The number of amides is 2. The molecule has 2 saturated heterocycles. The number of aromatic nitrogens is 2. The Morgan fingerprint density at radius 3 is 2.71 bits per heavy atom. The summed E-state index contributed by atoms with van der Waals surface area (Å²) in [6.45, 7) is 5.93. The predicted molar refractivity (Wildman–Crippen MR) is 106 cm³/mol. The standard InChI is InChI=1S/C21H27N5O2/c1-16-4-2-3-5-19(16)26-15-17(14-23-26)21(28)25-12-10-24(11-13-25)18-6-7-20(27)22-9-8-18/h2-5,14-15,18H,6-13H2,1H3,(H,22,27). The lowest BCUT2D eigenvalue weighted by atomic mass is 10.1. The van der Waals surface area contributed by atoms with Crippen LogP contribution in [0.25, 0.3) is 5.69 Å².